The minimum absolute atomic E-state index is 0.0299. The second-order valence-electron chi connectivity index (χ2n) is 10.7. The van der Waals surface area contributed by atoms with Gasteiger partial charge in [0.1, 0.15) is 6.33 Å². The molecular weight excluding hydrogens is 454 g/mol. The van der Waals surface area contributed by atoms with E-state index in [0.717, 1.165) is 63.0 Å². The van der Waals surface area contributed by atoms with Crippen LogP contribution in [0.4, 0.5) is 0 Å². The van der Waals surface area contributed by atoms with E-state index in [0.29, 0.717) is 18.2 Å². The minimum Gasteiger partial charge on any atom is -0.353 e. The highest BCUT2D eigenvalue weighted by Crippen LogP contribution is 2.33. The predicted octanol–water partition coefficient (Wildman–Crippen LogP) is 3.49. The highest BCUT2D eigenvalue weighted by Gasteiger charge is 2.27. The Morgan fingerprint density at radius 1 is 0.972 bits per heavy atom. The van der Waals surface area contributed by atoms with Gasteiger partial charge in [-0.25, -0.2) is 9.97 Å². The van der Waals surface area contributed by atoms with Crippen LogP contribution in [0.3, 0.4) is 0 Å². The van der Waals surface area contributed by atoms with E-state index in [-0.39, 0.29) is 23.9 Å². The third kappa shape index (κ3) is 6.30. The molecule has 2 saturated carbocycles. The fourth-order valence-corrected chi connectivity index (χ4v) is 5.65. The number of piperidine rings is 1. The average Bonchev–Trinajstić information content (AvgIpc) is 3.56. The monoisotopic (exact) mass is 493 g/mol. The summed E-state index contributed by atoms with van der Waals surface area (Å²) < 4.78 is 1.99. The second-order valence-corrected chi connectivity index (χ2v) is 10.7. The number of aromatic nitrogens is 4. The smallest absolute Gasteiger partial charge is 0.272 e. The summed E-state index contributed by atoms with van der Waals surface area (Å²) in [6.45, 7) is 3.09. The molecule has 3 heterocycles. The van der Waals surface area contributed by atoms with Gasteiger partial charge in [0.25, 0.3) is 5.91 Å². The number of nitrogens with one attached hydrogen (secondary N) is 2. The number of amides is 2. The van der Waals surface area contributed by atoms with Crippen molar-refractivity contribution in [3.63, 3.8) is 0 Å². The van der Waals surface area contributed by atoms with Crippen molar-refractivity contribution in [3.05, 3.63) is 30.5 Å². The van der Waals surface area contributed by atoms with E-state index in [2.05, 4.69) is 25.5 Å². The quantitative estimate of drug-likeness (QED) is 0.525. The first-order valence-electron chi connectivity index (χ1n) is 13.8. The number of hydrogen-bond donors (Lipinski definition) is 2. The maximum absolute atomic E-state index is 13.4. The Morgan fingerprint density at radius 3 is 2.42 bits per heavy atom. The van der Waals surface area contributed by atoms with Crippen LogP contribution in [0, 0.1) is 0 Å². The molecule has 0 aromatic carbocycles. The van der Waals surface area contributed by atoms with Gasteiger partial charge in [0.2, 0.25) is 5.91 Å². The second kappa shape index (κ2) is 12.0. The largest absolute Gasteiger partial charge is 0.353 e. The van der Waals surface area contributed by atoms with Crippen molar-refractivity contribution in [1.82, 2.24) is 35.3 Å². The van der Waals surface area contributed by atoms with Gasteiger partial charge in [-0.05, 0) is 70.5 Å². The molecule has 5 rings (SSSR count). The van der Waals surface area contributed by atoms with E-state index >= 15 is 0 Å². The molecule has 3 fully saturated rings. The molecule has 9 heteroatoms. The lowest BCUT2D eigenvalue weighted by molar-refractivity contribution is -0.122. The van der Waals surface area contributed by atoms with Crippen LogP contribution in [0.5, 0.6) is 0 Å². The Kier molecular flexibility index (Phi) is 8.25. The van der Waals surface area contributed by atoms with Crippen LogP contribution in [0.15, 0.2) is 24.8 Å². The molecule has 0 radical (unpaired) electrons. The standard InChI is InChI=1S/C27H39N7O2/c35-26(30-21-7-6-8-21)15-22(11-14-33-12-4-1-5-13-33)31-27(36)24-16-25(20-17-28-19-29-18-20)34(32-24)23-9-2-3-10-23/h16-19,21-23H,1-15H2,(H,30,35)(H,31,36)/t22-/m0/s1. The van der Waals surface area contributed by atoms with Crippen molar-refractivity contribution in [1.29, 1.82) is 0 Å². The summed E-state index contributed by atoms with van der Waals surface area (Å²) in [5, 5.41) is 11.1. The van der Waals surface area contributed by atoms with Crippen molar-refractivity contribution in [2.45, 2.75) is 95.2 Å². The molecule has 2 amide bonds. The van der Waals surface area contributed by atoms with Crippen molar-refractivity contribution >= 4 is 11.8 Å². The lowest BCUT2D eigenvalue weighted by Gasteiger charge is -2.29. The van der Waals surface area contributed by atoms with Gasteiger partial charge in [-0.2, -0.15) is 5.10 Å². The third-order valence-electron chi connectivity index (χ3n) is 7.98. The summed E-state index contributed by atoms with van der Waals surface area (Å²) >= 11 is 0. The van der Waals surface area contributed by atoms with Crippen molar-refractivity contribution in [2.75, 3.05) is 19.6 Å². The lowest BCUT2D eigenvalue weighted by Crippen LogP contribution is -2.45. The van der Waals surface area contributed by atoms with Gasteiger partial charge in [-0.1, -0.05) is 19.3 Å². The van der Waals surface area contributed by atoms with Gasteiger partial charge in [0.15, 0.2) is 5.69 Å². The van der Waals surface area contributed by atoms with Crippen molar-refractivity contribution < 1.29 is 9.59 Å². The van der Waals surface area contributed by atoms with E-state index in [1.54, 1.807) is 12.4 Å². The minimum atomic E-state index is -0.223. The van der Waals surface area contributed by atoms with E-state index in [1.165, 1.54) is 44.9 Å². The molecule has 2 aliphatic carbocycles. The first-order chi connectivity index (χ1) is 17.7. The van der Waals surface area contributed by atoms with E-state index < -0.39 is 0 Å². The number of rotatable bonds is 10. The van der Waals surface area contributed by atoms with Crippen LogP contribution in [0.2, 0.25) is 0 Å². The zero-order valence-electron chi connectivity index (χ0n) is 21.2. The van der Waals surface area contributed by atoms with E-state index in [9.17, 15) is 9.59 Å². The van der Waals surface area contributed by atoms with Crippen molar-refractivity contribution in [3.8, 4) is 11.3 Å². The first kappa shape index (κ1) is 24.9. The SMILES string of the molecule is O=C(C[C@H](CCN1CCCCC1)NC(=O)c1cc(-c2cncnc2)n(C2CCCC2)n1)NC1CCC1. The molecule has 3 aliphatic rings. The van der Waals surface area contributed by atoms with Gasteiger partial charge >= 0.3 is 0 Å². The Hall–Kier alpha value is -2.81. The summed E-state index contributed by atoms with van der Waals surface area (Å²) in [7, 11) is 0. The molecule has 0 spiro atoms. The Labute approximate surface area is 213 Å². The molecule has 0 unspecified atom stereocenters. The summed E-state index contributed by atoms with van der Waals surface area (Å²) in [6, 6.07) is 2.21. The molecule has 36 heavy (non-hydrogen) atoms. The normalized spacial score (nSPS) is 20.1. The highest BCUT2D eigenvalue weighted by atomic mass is 16.2. The molecule has 2 aromatic heterocycles. The van der Waals surface area contributed by atoms with Crippen LogP contribution < -0.4 is 10.6 Å². The molecule has 9 nitrogen and oxygen atoms in total. The maximum Gasteiger partial charge on any atom is 0.272 e. The van der Waals surface area contributed by atoms with E-state index in [1.807, 2.05) is 10.7 Å². The third-order valence-corrected chi connectivity index (χ3v) is 7.98. The first-order valence-corrected chi connectivity index (χ1v) is 13.8. The van der Waals surface area contributed by atoms with Crippen LogP contribution in [0.1, 0.15) is 93.6 Å². The molecule has 1 aliphatic heterocycles. The van der Waals surface area contributed by atoms with Crippen LogP contribution in [-0.4, -0.2) is 68.2 Å². The van der Waals surface area contributed by atoms with Gasteiger partial charge in [0.05, 0.1) is 11.7 Å². The number of likely N-dealkylation sites (tertiary alicyclic amines) is 1. The number of nitrogens with zero attached hydrogens (tertiary/aromatic N) is 5. The number of carbonyl (C=O) groups excluding carboxylic acids is 2. The number of carbonyl (C=O) groups is 2. The zero-order valence-corrected chi connectivity index (χ0v) is 21.2. The topological polar surface area (TPSA) is 105 Å². The van der Waals surface area contributed by atoms with E-state index in [4.69, 9.17) is 5.10 Å². The predicted molar refractivity (Wildman–Crippen MR) is 137 cm³/mol. The molecule has 2 N–H and O–H groups in total. The fraction of sp³-hybridized carbons (Fsp3) is 0.667. The van der Waals surface area contributed by atoms with Gasteiger partial charge in [-0.3, -0.25) is 14.3 Å². The lowest BCUT2D eigenvalue weighted by atomic mass is 9.93. The molecule has 1 saturated heterocycles. The van der Waals surface area contributed by atoms with Crippen LogP contribution >= 0.6 is 0 Å². The van der Waals surface area contributed by atoms with Gasteiger partial charge in [0, 0.05) is 43.0 Å². The van der Waals surface area contributed by atoms with Crippen LogP contribution in [0.25, 0.3) is 11.3 Å². The molecule has 2 aromatic rings. The molecular formula is C27H39N7O2. The molecule has 1 atom stereocenters. The van der Waals surface area contributed by atoms with Gasteiger partial charge in [-0.15, -0.1) is 0 Å². The Balaban J connectivity index is 1.30. The summed E-state index contributed by atoms with van der Waals surface area (Å²) in [5.74, 6) is -0.188. The number of hydrogen-bond acceptors (Lipinski definition) is 6. The maximum atomic E-state index is 13.4. The van der Waals surface area contributed by atoms with Gasteiger partial charge < -0.3 is 15.5 Å². The fourth-order valence-electron chi connectivity index (χ4n) is 5.65. The average molecular weight is 494 g/mol. The molecule has 194 valence electrons. The Bertz CT molecular complexity index is 1010. The highest BCUT2D eigenvalue weighted by molar-refractivity contribution is 5.94. The summed E-state index contributed by atoms with van der Waals surface area (Å²) in [5.41, 5.74) is 2.13. The van der Waals surface area contributed by atoms with Crippen LogP contribution in [-0.2, 0) is 4.79 Å². The summed E-state index contributed by atoms with van der Waals surface area (Å²) in [4.78, 5) is 36.9. The summed E-state index contributed by atoms with van der Waals surface area (Å²) in [6.07, 6.45) is 17.6. The zero-order chi connectivity index (χ0) is 24.7. The Morgan fingerprint density at radius 2 is 1.72 bits per heavy atom. The molecule has 0 bridgehead atoms. The van der Waals surface area contributed by atoms with Crippen molar-refractivity contribution in [2.24, 2.45) is 0 Å².